The fraction of sp³-hybridized carbons (Fsp3) is 0.286. The number of thiazole rings is 1. The van der Waals surface area contributed by atoms with Crippen LogP contribution in [0.4, 0.5) is 0 Å². The molecule has 0 aliphatic carbocycles. The summed E-state index contributed by atoms with van der Waals surface area (Å²) in [6.45, 7) is 3.19. The highest BCUT2D eigenvalue weighted by atomic mass is 35.5. The van der Waals surface area contributed by atoms with Crippen LogP contribution in [0.15, 0.2) is 60.0 Å². The molecule has 1 aliphatic heterocycles. The van der Waals surface area contributed by atoms with E-state index >= 15 is 0 Å². The van der Waals surface area contributed by atoms with E-state index in [1.807, 2.05) is 54.6 Å². The number of hydrogen-bond acceptors (Lipinski definition) is 5. The smallest absolute Gasteiger partial charge is 0.218 e. The summed E-state index contributed by atoms with van der Waals surface area (Å²) in [5.74, 6) is 0.0599. The maximum atomic E-state index is 12.7. The van der Waals surface area contributed by atoms with E-state index in [2.05, 4.69) is 10.3 Å². The van der Waals surface area contributed by atoms with Gasteiger partial charge < -0.3 is 0 Å². The van der Waals surface area contributed by atoms with Gasteiger partial charge in [-0.3, -0.25) is 4.90 Å². The summed E-state index contributed by atoms with van der Waals surface area (Å²) in [6.07, 6.45) is 0. The van der Waals surface area contributed by atoms with Crippen molar-refractivity contribution in [1.82, 2.24) is 14.2 Å². The summed E-state index contributed by atoms with van der Waals surface area (Å²) < 4.78 is 27.0. The highest BCUT2D eigenvalue weighted by molar-refractivity contribution is 7.88. The summed E-state index contributed by atoms with van der Waals surface area (Å²) >= 11 is 7.57. The van der Waals surface area contributed by atoms with Crippen molar-refractivity contribution in [3.63, 3.8) is 0 Å². The molecule has 1 fully saturated rings. The second-order valence-electron chi connectivity index (χ2n) is 7.07. The largest absolute Gasteiger partial charge is 0.295 e. The van der Waals surface area contributed by atoms with Crippen LogP contribution in [-0.4, -0.2) is 48.8 Å². The minimum absolute atomic E-state index is 0.0599. The predicted molar refractivity (Wildman–Crippen MR) is 118 cm³/mol. The van der Waals surface area contributed by atoms with Crippen molar-refractivity contribution < 1.29 is 8.42 Å². The number of halogens is 1. The van der Waals surface area contributed by atoms with Crippen LogP contribution in [0.25, 0.3) is 10.6 Å². The standard InChI is InChI=1S/C21H22ClN3O2S2/c22-19-8-6-18(7-9-19)21-23-20(15-28-21)14-24-10-12-25(13-11-24)29(26,27)16-17-4-2-1-3-5-17/h1-9,15H,10-14,16H2. The SMILES string of the molecule is O=S(=O)(Cc1ccccc1)N1CCN(Cc2csc(-c3ccc(Cl)cc3)n2)CC1. The minimum atomic E-state index is -3.29. The van der Waals surface area contributed by atoms with Crippen molar-refractivity contribution in [3.05, 3.63) is 76.3 Å². The molecule has 5 nitrogen and oxygen atoms in total. The zero-order valence-electron chi connectivity index (χ0n) is 15.9. The number of nitrogens with zero attached hydrogens (tertiary/aromatic N) is 3. The molecule has 2 aromatic carbocycles. The van der Waals surface area contributed by atoms with Gasteiger partial charge in [0.1, 0.15) is 5.01 Å². The molecule has 3 aromatic rings. The highest BCUT2D eigenvalue weighted by Gasteiger charge is 2.27. The molecule has 0 radical (unpaired) electrons. The van der Waals surface area contributed by atoms with E-state index in [0.29, 0.717) is 31.2 Å². The van der Waals surface area contributed by atoms with Crippen molar-refractivity contribution in [2.75, 3.05) is 26.2 Å². The van der Waals surface area contributed by atoms with Crippen LogP contribution in [-0.2, 0) is 22.3 Å². The molecule has 0 spiro atoms. The molecule has 1 aromatic heterocycles. The van der Waals surface area contributed by atoms with Crippen LogP contribution in [0.3, 0.4) is 0 Å². The lowest BCUT2D eigenvalue weighted by molar-refractivity contribution is 0.180. The number of piperazine rings is 1. The Hall–Kier alpha value is -1.77. The van der Waals surface area contributed by atoms with E-state index in [1.165, 1.54) is 0 Å². The molecule has 1 aliphatic rings. The van der Waals surface area contributed by atoms with E-state index in [0.717, 1.165) is 28.4 Å². The lowest BCUT2D eigenvalue weighted by Gasteiger charge is -2.33. The van der Waals surface area contributed by atoms with Gasteiger partial charge in [-0.2, -0.15) is 4.31 Å². The van der Waals surface area contributed by atoms with Gasteiger partial charge in [-0.1, -0.05) is 54.1 Å². The van der Waals surface area contributed by atoms with Crippen LogP contribution in [0.1, 0.15) is 11.3 Å². The quantitative estimate of drug-likeness (QED) is 0.570. The van der Waals surface area contributed by atoms with Gasteiger partial charge in [-0.25, -0.2) is 13.4 Å². The van der Waals surface area contributed by atoms with Gasteiger partial charge >= 0.3 is 0 Å². The molecule has 8 heteroatoms. The maximum absolute atomic E-state index is 12.7. The van der Waals surface area contributed by atoms with E-state index in [9.17, 15) is 8.42 Å². The molecule has 0 amide bonds. The molecular formula is C21H22ClN3O2S2. The van der Waals surface area contributed by atoms with E-state index in [-0.39, 0.29) is 5.75 Å². The second kappa shape index (κ2) is 8.93. The Kier molecular flexibility index (Phi) is 6.32. The summed E-state index contributed by atoms with van der Waals surface area (Å²) in [6, 6.07) is 17.0. The Bertz CT molecular complexity index is 1050. The first-order chi connectivity index (χ1) is 14.0. The van der Waals surface area contributed by atoms with Crippen LogP contribution >= 0.6 is 22.9 Å². The minimum Gasteiger partial charge on any atom is -0.295 e. The Labute approximate surface area is 180 Å². The lowest BCUT2D eigenvalue weighted by atomic mass is 10.2. The molecular weight excluding hydrogens is 426 g/mol. The molecule has 0 bridgehead atoms. The molecule has 0 unspecified atom stereocenters. The van der Waals surface area contributed by atoms with Gasteiger partial charge in [0.25, 0.3) is 0 Å². The number of benzene rings is 2. The van der Waals surface area contributed by atoms with Crippen LogP contribution in [0.2, 0.25) is 5.02 Å². The van der Waals surface area contributed by atoms with E-state index in [1.54, 1.807) is 15.6 Å². The Balaban J connectivity index is 1.33. The summed E-state index contributed by atoms with van der Waals surface area (Å²) in [5, 5.41) is 3.76. The fourth-order valence-electron chi connectivity index (χ4n) is 3.38. The van der Waals surface area contributed by atoms with Gasteiger partial charge in [-0.05, 0) is 17.7 Å². The molecule has 152 valence electrons. The van der Waals surface area contributed by atoms with Crippen LogP contribution < -0.4 is 0 Å². The van der Waals surface area contributed by atoms with Crippen LogP contribution in [0, 0.1) is 0 Å². The average molecular weight is 448 g/mol. The first-order valence-electron chi connectivity index (χ1n) is 9.44. The Morgan fingerprint density at radius 3 is 2.34 bits per heavy atom. The van der Waals surface area contributed by atoms with Crippen molar-refractivity contribution in [1.29, 1.82) is 0 Å². The predicted octanol–water partition coefficient (Wildman–Crippen LogP) is 4.11. The van der Waals surface area contributed by atoms with Gasteiger partial charge in [0.05, 0.1) is 11.4 Å². The zero-order chi connectivity index (χ0) is 20.3. The summed E-state index contributed by atoms with van der Waals surface area (Å²) in [4.78, 5) is 6.99. The average Bonchev–Trinajstić information content (AvgIpc) is 3.18. The monoisotopic (exact) mass is 447 g/mol. The highest BCUT2D eigenvalue weighted by Crippen LogP contribution is 2.26. The second-order valence-corrected chi connectivity index (χ2v) is 10.3. The summed E-state index contributed by atoms with van der Waals surface area (Å²) in [7, 11) is -3.29. The first-order valence-corrected chi connectivity index (χ1v) is 12.3. The van der Waals surface area contributed by atoms with Crippen molar-refractivity contribution in [3.8, 4) is 10.6 Å². The first kappa shape index (κ1) is 20.5. The van der Waals surface area contributed by atoms with E-state index < -0.39 is 10.0 Å². The molecule has 1 saturated heterocycles. The number of hydrogen-bond donors (Lipinski definition) is 0. The third-order valence-electron chi connectivity index (χ3n) is 4.95. The normalized spacial score (nSPS) is 16.2. The number of sulfonamides is 1. The van der Waals surface area contributed by atoms with Gasteiger partial charge in [0.2, 0.25) is 10.0 Å². The topological polar surface area (TPSA) is 53.5 Å². The zero-order valence-corrected chi connectivity index (χ0v) is 18.3. The molecule has 4 rings (SSSR count). The van der Waals surface area contributed by atoms with E-state index in [4.69, 9.17) is 16.6 Å². The molecule has 2 heterocycles. The van der Waals surface area contributed by atoms with Crippen molar-refractivity contribution in [2.24, 2.45) is 0 Å². The maximum Gasteiger partial charge on any atom is 0.218 e. The Morgan fingerprint density at radius 1 is 0.966 bits per heavy atom. The molecule has 0 atom stereocenters. The van der Waals surface area contributed by atoms with Gasteiger partial charge in [-0.15, -0.1) is 11.3 Å². The third kappa shape index (κ3) is 5.24. The molecule has 0 N–H and O–H groups in total. The number of aromatic nitrogens is 1. The number of rotatable bonds is 6. The lowest BCUT2D eigenvalue weighted by Crippen LogP contribution is -2.48. The van der Waals surface area contributed by atoms with Crippen LogP contribution in [0.5, 0.6) is 0 Å². The summed E-state index contributed by atoms with van der Waals surface area (Å²) in [5.41, 5.74) is 2.90. The van der Waals surface area contributed by atoms with Gasteiger partial charge in [0, 0.05) is 48.7 Å². The fourth-order valence-corrected chi connectivity index (χ4v) is 5.83. The van der Waals surface area contributed by atoms with Crippen molar-refractivity contribution >= 4 is 33.0 Å². The van der Waals surface area contributed by atoms with Gasteiger partial charge in [0.15, 0.2) is 0 Å². The molecule has 29 heavy (non-hydrogen) atoms. The third-order valence-corrected chi connectivity index (χ3v) is 7.99. The Morgan fingerprint density at radius 2 is 1.66 bits per heavy atom. The molecule has 0 saturated carbocycles. The van der Waals surface area contributed by atoms with Crippen molar-refractivity contribution in [2.45, 2.75) is 12.3 Å².